The number of para-hydroxylation sites is 1. The minimum atomic E-state index is 0.0394. The van der Waals surface area contributed by atoms with E-state index in [2.05, 4.69) is 64.6 Å². The molecular weight excluding hydrogens is 388 g/mol. The molecule has 0 aliphatic carbocycles. The molecule has 0 saturated carbocycles. The van der Waals surface area contributed by atoms with E-state index in [1.165, 1.54) is 22.0 Å². The first-order chi connectivity index (χ1) is 15.3. The summed E-state index contributed by atoms with van der Waals surface area (Å²) in [6.45, 7) is 1.55. The van der Waals surface area contributed by atoms with Crippen molar-refractivity contribution in [3.8, 4) is 11.5 Å². The summed E-state index contributed by atoms with van der Waals surface area (Å²) in [5, 5.41) is 4.22. The van der Waals surface area contributed by atoms with Crippen LogP contribution in [0.5, 0.6) is 11.5 Å². The van der Waals surface area contributed by atoms with Crippen LogP contribution in [0, 0.1) is 0 Å². The van der Waals surface area contributed by atoms with E-state index in [9.17, 15) is 4.79 Å². The molecule has 0 fully saturated rings. The predicted molar refractivity (Wildman–Crippen MR) is 120 cm³/mol. The van der Waals surface area contributed by atoms with Crippen molar-refractivity contribution in [2.24, 2.45) is 0 Å². The highest BCUT2D eigenvalue weighted by Crippen LogP contribution is 2.32. The fourth-order valence-corrected chi connectivity index (χ4v) is 4.02. The number of ether oxygens (including phenoxy) is 2. The van der Waals surface area contributed by atoms with E-state index >= 15 is 0 Å². The normalized spacial score (nSPS) is 12.3. The number of carbonyl (C=O) groups excluding carboxylic acids is 1. The fourth-order valence-electron chi connectivity index (χ4n) is 4.02. The molecule has 1 aliphatic rings. The highest BCUT2D eigenvalue weighted by Gasteiger charge is 2.14. The van der Waals surface area contributed by atoms with Crippen molar-refractivity contribution in [2.75, 3.05) is 6.79 Å². The van der Waals surface area contributed by atoms with Crippen LogP contribution in [0.15, 0.2) is 79.0 Å². The first-order valence-corrected chi connectivity index (χ1v) is 10.5. The Morgan fingerprint density at radius 3 is 2.61 bits per heavy atom. The topological polar surface area (TPSA) is 52.5 Å². The van der Waals surface area contributed by atoms with Gasteiger partial charge in [0, 0.05) is 36.6 Å². The summed E-state index contributed by atoms with van der Waals surface area (Å²) in [5.41, 5.74) is 4.65. The van der Waals surface area contributed by atoms with Gasteiger partial charge in [-0.25, -0.2) is 0 Å². The van der Waals surface area contributed by atoms with Gasteiger partial charge in [0.1, 0.15) is 0 Å². The summed E-state index contributed by atoms with van der Waals surface area (Å²) >= 11 is 0. The van der Waals surface area contributed by atoms with E-state index in [0.29, 0.717) is 19.4 Å². The van der Waals surface area contributed by atoms with Crippen molar-refractivity contribution < 1.29 is 14.3 Å². The second-order valence-corrected chi connectivity index (χ2v) is 7.75. The SMILES string of the molecule is O=C(CCc1cn(Cc2ccccc2)c2ccccc12)NCc1ccc2c(c1)OCO2. The molecule has 31 heavy (non-hydrogen) atoms. The van der Waals surface area contributed by atoms with Crippen LogP contribution in [0.3, 0.4) is 0 Å². The van der Waals surface area contributed by atoms with E-state index < -0.39 is 0 Å². The zero-order valence-corrected chi connectivity index (χ0v) is 17.2. The lowest BCUT2D eigenvalue weighted by atomic mass is 10.1. The number of amides is 1. The lowest BCUT2D eigenvalue weighted by molar-refractivity contribution is -0.121. The average Bonchev–Trinajstić information content (AvgIpc) is 3.41. The molecule has 0 radical (unpaired) electrons. The van der Waals surface area contributed by atoms with Gasteiger partial charge < -0.3 is 19.4 Å². The molecule has 1 amide bonds. The molecule has 5 nitrogen and oxygen atoms in total. The van der Waals surface area contributed by atoms with Crippen LogP contribution in [-0.2, 0) is 24.3 Å². The molecule has 5 rings (SSSR count). The lowest BCUT2D eigenvalue weighted by Gasteiger charge is -2.06. The Kier molecular flexibility index (Phi) is 5.31. The van der Waals surface area contributed by atoms with Crippen LogP contribution >= 0.6 is 0 Å². The van der Waals surface area contributed by atoms with Crippen molar-refractivity contribution in [1.82, 2.24) is 9.88 Å². The maximum Gasteiger partial charge on any atom is 0.231 e. The molecular formula is C26H24N2O3. The summed E-state index contributed by atoms with van der Waals surface area (Å²) < 4.78 is 13.0. The molecule has 0 bridgehead atoms. The monoisotopic (exact) mass is 412 g/mol. The number of benzene rings is 3. The zero-order chi connectivity index (χ0) is 21.0. The number of aromatic nitrogens is 1. The lowest BCUT2D eigenvalue weighted by Crippen LogP contribution is -2.22. The van der Waals surface area contributed by atoms with E-state index in [-0.39, 0.29) is 12.7 Å². The van der Waals surface area contributed by atoms with E-state index in [0.717, 1.165) is 23.6 Å². The summed E-state index contributed by atoms with van der Waals surface area (Å²) in [6, 6.07) is 24.6. The van der Waals surface area contributed by atoms with Gasteiger partial charge in [0.2, 0.25) is 12.7 Å². The molecule has 156 valence electrons. The quantitative estimate of drug-likeness (QED) is 0.480. The molecule has 0 unspecified atom stereocenters. The minimum absolute atomic E-state index is 0.0394. The summed E-state index contributed by atoms with van der Waals surface area (Å²) in [6.07, 6.45) is 3.34. The predicted octanol–water partition coefficient (Wildman–Crippen LogP) is 4.67. The van der Waals surface area contributed by atoms with Crippen molar-refractivity contribution in [3.63, 3.8) is 0 Å². The van der Waals surface area contributed by atoms with Gasteiger partial charge in [0.25, 0.3) is 0 Å². The zero-order valence-electron chi connectivity index (χ0n) is 17.2. The Morgan fingerprint density at radius 1 is 0.903 bits per heavy atom. The highest BCUT2D eigenvalue weighted by molar-refractivity contribution is 5.85. The second kappa shape index (κ2) is 8.56. The number of hydrogen-bond donors (Lipinski definition) is 1. The number of aryl methyl sites for hydroxylation is 1. The average molecular weight is 412 g/mol. The third-order valence-electron chi connectivity index (χ3n) is 5.61. The van der Waals surface area contributed by atoms with Crippen LogP contribution in [0.2, 0.25) is 0 Å². The molecule has 1 N–H and O–H groups in total. The molecule has 0 atom stereocenters. The Labute approximate surface area is 181 Å². The van der Waals surface area contributed by atoms with Crippen LogP contribution in [-0.4, -0.2) is 17.3 Å². The molecule has 1 aliphatic heterocycles. The fraction of sp³-hybridized carbons (Fsp3) is 0.192. The van der Waals surface area contributed by atoms with Gasteiger partial charge in [0.15, 0.2) is 11.5 Å². The Balaban J connectivity index is 1.23. The van der Waals surface area contributed by atoms with Gasteiger partial charge in [-0.15, -0.1) is 0 Å². The summed E-state index contributed by atoms with van der Waals surface area (Å²) in [4.78, 5) is 12.5. The standard InChI is InChI=1S/C26H24N2O3/c29-26(27-15-20-10-12-24-25(14-20)31-18-30-24)13-11-21-17-28(16-19-6-2-1-3-7-19)23-9-5-4-8-22(21)23/h1-10,12,14,17H,11,13,15-16,18H2,(H,27,29). The summed E-state index contributed by atoms with van der Waals surface area (Å²) in [5.74, 6) is 1.53. The van der Waals surface area contributed by atoms with Gasteiger partial charge in [0.05, 0.1) is 0 Å². The van der Waals surface area contributed by atoms with Gasteiger partial charge in [-0.05, 0) is 41.3 Å². The third kappa shape index (κ3) is 4.26. The van der Waals surface area contributed by atoms with Crippen molar-refractivity contribution in [2.45, 2.75) is 25.9 Å². The van der Waals surface area contributed by atoms with Crippen molar-refractivity contribution in [1.29, 1.82) is 0 Å². The molecule has 0 spiro atoms. The van der Waals surface area contributed by atoms with E-state index in [1.807, 2.05) is 24.3 Å². The maximum absolute atomic E-state index is 12.5. The van der Waals surface area contributed by atoms with Crippen molar-refractivity contribution >= 4 is 16.8 Å². The van der Waals surface area contributed by atoms with Crippen LogP contribution in [0.4, 0.5) is 0 Å². The Bertz CT molecular complexity index is 1210. The molecule has 2 heterocycles. The van der Waals surface area contributed by atoms with Gasteiger partial charge in [-0.3, -0.25) is 4.79 Å². The Hall–Kier alpha value is -3.73. The largest absolute Gasteiger partial charge is 0.454 e. The summed E-state index contributed by atoms with van der Waals surface area (Å²) in [7, 11) is 0. The van der Waals surface area contributed by atoms with E-state index in [4.69, 9.17) is 9.47 Å². The second-order valence-electron chi connectivity index (χ2n) is 7.75. The number of rotatable bonds is 7. The number of hydrogen-bond acceptors (Lipinski definition) is 3. The minimum Gasteiger partial charge on any atom is -0.454 e. The molecule has 5 heteroatoms. The highest BCUT2D eigenvalue weighted by atomic mass is 16.7. The van der Waals surface area contributed by atoms with Crippen molar-refractivity contribution in [3.05, 3.63) is 95.7 Å². The molecule has 4 aromatic rings. The number of carbonyl (C=O) groups is 1. The van der Waals surface area contributed by atoms with Gasteiger partial charge in [-0.2, -0.15) is 0 Å². The molecule has 1 aromatic heterocycles. The third-order valence-corrected chi connectivity index (χ3v) is 5.61. The Morgan fingerprint density at radius 2 is 1.71 bits per heavy atom. The van der Waals surface area contributed by atoms with Crippen LogP contribution in [0.25, 0.3) is 10.9 Å². The van der Waals surface area contributed by atoms with Crippen LogP contribution in [0.1, 0.15) is 23.1 Å². The number of nitrogens with zero attached hydrogens (tertiary/aromatic N) is 1. The number of nitrogens with one attached hydrogen (secondary N) is 1. The first kappa shape index (κ1) is 19.2. The molecule has 0 saturated heterocycles. The smallest absolute Gasteiger partial charge is 0.231 e. The maximum atomic E-state index is 12.5. The van der Waals surface area contributed by atoms with Crippen LogP contribution < -0.4 is 14.8 Å². The first-order valence-electron chi connectivity index (χ1n) is 10.5. The van der Waals surface area contributed by atoms with Gasteiger partial charge >= 0.3 is 0 Å². The molecule has 3 aromatic carbocycles. The number of fused-ring (bicyclic) bond motifs is 2. The van der Waals surface area contributed by atoms with E-state index in [1.54, 1.807) is 0 Å². The van der Waals surface area contributed by atoms with Gasteiger partial charge in [-0.1, -0.05) is 54.6 Å².